The zero-order valence-electron chi connectivity index (χ0n) is 10.5. The molecule has 1 aromatic rings. The van der Waals surface area contributed by atoms with Crippen molar-refractivity contribution in [3.63, 3.8) is 0 Å². The highest BCUT2D eigenvalue weighted by atomic mass is 32.2. The van der Waals surface area contributed by atoms with Gasteiger partial charge in [0.25, 0.3) is 0 Å². The third-order valence-corrected chi connectivity index (χ3v) is 2.85. The van der Waals surface area contributed by atoms with Crippen molar-refractivity contribution in [1.29, 1.82) is 0 Å². The van der Waals surface area contributed by atoms with Crippen LogP contribution >= 0.6 is 11.8 Å². The van der Waals surface area contributed by atoms with Gasteiger partial charge in [-0.1, -0.05) is 25.6 Å². The second kappa shape index (κ2) is 6.94. The minimum atomic E-state index is -0.481. The van der Waals surface area contributed by atoms with E-state index in [1.54, 1.807) is 7.05 Å². The lowest BCUT2D eigenvalue weighted by atomic mass is 10.2. The van der Waals surface area contributed by atoms with Crippen LogP contribution < -0.4 is 10.6 Å². The standard InChI is InChI=1S/C9H16N6O2S/c1-6(2)4-10-8(17)11-7(16)5-18-9-12-13-14-15(9)3/h6H,4-5H2,1-3H3,(H2,10,11,16,17). The molecule has 3 amide bonds. The summed E-state index contributed by atoms with van der Waals surface area (Å²) in [6.07, 6.45) is 0. The number of aromatic nitrogens is 4. The number of carbonyl (C=O) groups excluding carboxylic acids is 2. The fraction of sp³-hybridized carbons (Fsp3) is 0.667. The molecule has 1 aromatic heterocycles. The Hall–Kier alpha value is -1.64. The number of imide groups is 1. The highest BCUT2D eigenvalue weighted by Gasteiger charge is 2.10. The summed E-state index contributed by atoms with van der Waals surface area (Å²) < 4.78 is 1.46. The number of hydrogen-bond donors (Lipinski definition) is 2. The average molecular weight is 272 g/mol. The van der Waals surface area contributed by atoms with E-state index in [1.165, 1.54) is 4.68 Å². The number of thioether (sulfide) groups is 1. The van der Waals surface area contributed by atoms with E-state index < -0.39 is 6.03 Å². The van der Waals surface area contributed by atoms with Crippen LogP contribution in [0.2, 0.25) is 0 Å². The van der Waals surface area contributed by atoms with Crippen molar-refractivity contribution in [1.82, 2.24) is 30.8 Å². The maximum Gasteiger partial charge on any atom is 0.321 e. The summed E-state index contributed by atoms with van der Waals surface area (Å²) in [6.45, 7) is 4.47. The van der Waals surface area contributed by atoms with E-state index in [0.29, 0.717) is 17.6 Å². The number of amides is 3. The first-order valence-corrected chi connectivity index (χ1v) is 6.40. The molecule has 2 N–H and O–H groups in total. The van der Waals surface area contributed by atoms with Gasteiger partial charge >= 0.3 is 6.03 Å². The summed E-state index contributed by atoms with van der Waals surface area (Å²) >= 11 is 1.16. The van der Waals surface area contributed by atoms with E-state index in [1.807, 2.05) is 13.8 Å². The second-order valence-electron chi connectivity index (χ2n) is 4.03. The van der Waals surface area contributed by atoms with E-state index in [9.17, 15) is 9.59 Å². The van der Waals surface area contributed by atoms with E-state index in [2.05, 4.69) is 26.2 Å². The Labute approximate surface area is 109 Å². The van der Waals surface area contributed by atoms with Crippen LogP contribution in [-0.2, 0) is 11.8 Å². The lowest BCUT2D eigenvalue weighted by Gasteiger charge is -2.08. The first-order valence-electron chi connectivity index (χ1n) is 5.42. The summed E-state index contributed by atoms with van der Waals surface area (Å²) in [5, 5.41) is 16.1. The summed E-state index contributed by atoms with van der Waals surface area (Å²) in [6, 6.07) is -0.481. The van der Waals surface area contributed by atoms with E-state index in [-0.39, 0.29) is 11.7 Å². The minimum Gasteiger partial charge on any atom is -0.338 e. The van der Waals surface area contributed by atoms with Crippen molar-refractivity contribution in [3.05, 3.63) is 0 Å². The van der Waals surface area contributed by atoms with Crippen LogP contribution in [0.4, 0.5) is 4.79 Å². The topological polar surface area (TPSA) is 102 Å². The number of hydrogen-bond acceptors (Lipinski definition) is 6. The predicted octanol–water partition coefficient (Wildman–Crippen LogP) is -0.216. The second-order valence-corrected chi connectivity index (χ2v) is 4.97. The molecule has 0 atom stereocenters. The molecule has 18 heavy (non-hydrogen) atoms. The smallest absolute Gasteiger partial charge is 0.321 e. The number of aryl methyl sites for hydroxylation is 1. The number of carbonyl (C=O) groups is 2. The Bertz CT molecular complexity index is 419. The molecule has 0 aromatic carbocycles. The van der Waals surface area contributed by atoms with E-state index in [0.717, 1.165) is 11.8 Å². The molecule has 0 aliphatic carbocycles. The van der Waals surface area contributed by atoms with Gasteiger partial charge < -0.3 is 5.32 Å². The van der Waals surface area contributed by atoms with Gasteiger partial charge in [0.2, 0.25) is 11.1 Å². The van der Waals surface area contributed by atoms with Gasteiger partial charge in [-0.25, -0.2) is 9.48 Å². The monoisotopic (exact) mass is 272 g/mol. The Morgan fingerprint density at radius 3 is 2.72 bits per heavy atom. The molecule has 8 nitrogen and oxygen atoms in total. The van der Waals surface area contributed by atoms with Crippen molar-refractivity contribution < 1.29 is 9.59 Å². The SMILES string of the molecule is CC(C)CNC(=O)NC(=O)CSc1nnnn1C. The van der Waals surface area contributed by atoms with Crippen molar-refractivity contribution in [2.45, 2.75) is 19.0 Å². The molecule has 0 aliphatic heterocycles. The van der Waals surface area contributed by atoms with Crippen molar-refractivity contribution in [2.24, 2.45) is 13.0 Å². The quantitative estimate of drug-likeness (QED) is 0.719. The average Bonchev–Trinajstić information content (AvgIpc) is 2.69. The first kappa shape index (κ1) is 14.4. The van der Waals surface area contributed by atoms with E-state index >= 15 is 0 Å². The molecule has 0 spiro atoms. The predicted molar refractivity (Wildman–Crippen MR) is 65.9 cm³/mol. The molecule has 0 aliphatic rings. The van der Waals surface area contributed by atoms with Gasteiger partial charge in [0.15, 0.2) is 0 Å². The van der Waals surface area contributed by atoms with Gasteiger partial charge in [-0.05, 0) is 16.3 Å². The molecule has 0 saturated heterocycles. The Balaban J connectivity index is 2.25. The summed E-state index contributed by atoms with van der Waals surface area (Å²) in [7, 11) is 1.68. The molecular formula is C9H16N6O2S. The lowest BCUT2D eigenvalue weighted by molar-refractivity contribution is -0.117. The largest absolute Gasteiger partial charge is 0.338 e. The maximum absolute atomic E-state index is 11.4. The highest BCUT2D eigenvalue weighted by molar-refractivity contribution is 7.99. The van der Waals surface area contributed by atoms with Gasteiger partial charge in [-0.3, -0.25) is 10.1 Å². The molecule has 0 radical (unpaired) electrons. The van der Waals surface area contributed by atoms with Gasteiger partial charge in [-0.2, -0.15) is 0 Å². The third-order valence-electron chi connectivity index (χ3n) is 1.84. The molecule has 0 saturated carbocycles. The molecule has 0 fully saturated rings. The third kappa shape index (κ3) is 5.13. The Morgan fingerprint density at radius 2 is 2.17 bits per heavy atom. The molecule has 1 rings (SSSR count). The summed E-state index contributed by atoms with van der Waals surface area (Å²) in [5.41, 5.74) is 0. The van der Waals surface area contributed by atoms with Gasteiger partial charge in [0.1, 0.15) is 0 Å². The van der Waals surface area contributed by atoms with Gasteiger partial charge in [-0.15, -0.1) is 5.10 Å². The molecule has 0 bridgehead atoms. The zero-order chi connectivity index (χ0) is 13.5. The van der Waals surface area contributed by atoms with Crippen LogP contribution in [0.25, 0.3) is 0 Å². The molecule has 100 valence electrons. The number of urea groups is 1. The van der Waals surface area contributed by atoms with Crippen LogP contribution in [0.3, 0.4) is 0 Å². The molecular weight excluding hydrogens is 256 g/mol. The Morgan fingerprint density at radius 1 is 1.44 bits per heavy atom. The summed E-state index contributed by atoms with van der Waals surface area (Å²) in [5.74, 6) is 0.0396. The summed E-state index contributed by atoms with van der Waals surface area (Å²) in [4.78, 5) is 22.7. The Kier molecular flexibility index (Phi) is 5.56. The van der Waals surface area contributed by atoms with Gasteiger partial charge in [0, 0.05) is 13.6 Å². The van der Waals surface area contributed by atoms with Crippen LogP contribution in [0.5, 0.6) is 0 Å². The molecule has 9 heteroatoms. The number of nitrogens with zero attached hydrogens (tertiary/aromatic N) is 4. The highest BCUT2D eigenvalue weighted by Crippen LogP contribution is 2.10. The normalized spacial score (nSPS) is 10.4. The number of tetrazole rings is 1. The van der Waals surface area contributed by atoms with Crippen molar-refractivity contribution in [2.75, 3.05) is 12.3 Å². The van der Waals surface area contributed by atoms with Crippen LogP contribution in [0.1, 0.15) is 13.8 Å². The maximum atomic E-state index is 11.4. The first-order chi connectivity index (χ1) is 8.49. The van der Waals surface area contributed by atoms with Gasteiger partial charge in [0.05, 0.1) is 5.75 Å². The fourth-order valence-electron chi connectivity index (χ4n) is 0.977. The zero-order valence-corrected chi connectivity index (χ0v) is 11.3. The number of nitrogens with one attached hydrogen (secondary N) is 2. The molecule has 1 heterocycles. The van der Waals surface area contributed by atoms with Crippen molar-refractivity contribution in [3.8, 4) is 0 Å². The fourth-order valence-corrected chi connectivity index (χ4v) is 1.63. The van der Waals surface area contributed by atoms with E-state index in [4.69, 9.17) is 0 Å². The van der Waals surface area contributed by atoms with Crippen LogP contribution in [0, 0.1) is 5.92 Å². The van der Waals surface area contributed by atoms with Crippen LogP contribution in [0.15, 0.2) is 5.16 Å². The lowest BCUT2D eigenvalue weighted by Crippen LogP contribution is -2.41. The van der Waals surface area contributed by atoms with Crippen molar-refractivity contribution >= 4 is 23.7 Å². The molecule has 0 unspecified atom stereocenters. The van der Waals surface area contributed by atoms with Crippen LogP contribution in [-0.4, -0.2) is 44.4 Å². The number of rotatable bonds is 5. The minimum absolute atomic E-state index is 0.0866.